The molecule has 9 nitrogen and oxygen atoms in total. The number of ether oxygens (including phenoxy) is 3. The van der Waals surface area contributed by atoms with Crippen molar-refractivity contribution < 1.29 is 41.8 Å². The summed E-state index contributed by atoms with van der Waals surface area (Å²) in [6.07, 6.45) is 0.837. The van der Waals surface area contributed by atoms with E-state index in [2.05, 4.69) is 10.3 Å². The molecule has 12 heteroatoms. The highest BCUT2D eigenvalue weighted by Gasteiger charge is 2.51. The summed E-state index contributed by atoms with van der Waals surface area (Å²) in [6, 6.07) is 2.21. The number of methoxy groups -OCH3 is 1. The van der Waals surface area contributed by atoms with Crippen LogP contribution in [0.2, 0.25) is 0 Å². The molecule has 6 atom stereocenters. The van der Waals surface area contributed by atoms with Gasteiger partial charge in [-0.25, -0.2) is 22.9 Å². The minimum atomic E-state index is -3.64. The molecule has 2 fully saturated rings. The zero-order valence-corrected chi connectivity index (χ0v) is 28.3. The third kappa shape index (κ3) is 6.74. The predicted octanol–water partition coefficient (Wildman–Crippen LogP) is 6.93. The van der Waals surface area contributed by atoms with E-state index in [1.165, 1.54) is 37.1 Å². The van der Waals surface area contributed by atoms with Crippen molar-refractivity contribution in [2.75, 3.05) is 13.7 Å². The van der Waals surface area contributed by atoms with Gasteiger partial charge in [-0.15, -0.1) is 0 Å². The number of hydrogen-bond acceptors (Lipinski definition) is 7. The van der Waals surface area contributed by atoms with Crippen LogP contribution in [-0.2, 0) is 20.2 Å². The Labute approximate surface area is 273 Å². The first-order chi connectivity index (χ1) is 22.0. The number of ketones is 1. The molecule has 2 aliphatic heterocycles. The third-order valence-corrected chi connectivity index (χ3v) is 10.3. The second-order valence-electron chi connectivity index (χ2n) is 14.7. The summed E-state index contributed by atoms with van der Waals surface area (Å²) in [7, 11) is 1.43. The van der Waals surface area contributed by atoms with Gasteiger partial charge in [0, 0.05) is 23.8 Å². The number of Topliss-reactive ketones (excluding diaryl/α,β-unsaturated/α-hetero) is 1. The molecule has 3 aliphatic rings. The van der Waals surface area contributed by atoms with Crippen LogP contribution in [0.5, 0.6) is 11.6 Å². The van der Waals surface area contributed by atoms with E-state index in [1.54, 1.807) is 27.7 Å². The van der Waals surface area contributed by atoms with E-state index in [1.807, 2.05) is 6.92 Å². The number of alkyl halides is 2. The van der Waals surface area contributed by atoms with Gasteiger partial charge >= 0.3 is 6.09 Å². The van der Waals surface area contributed by atoms with E-state index in [4.69, 9.17) is 14.2 Å². The van der Waals surface area contributed by atoms with Gasteiger partial charge in [0.1, 0.15) is 34.9 Å². The van der Waals surface area contributed by atoms with Gasteiger partial charge in [-0.05, 0) is 69.4 Å². The molecule has 2 aromatic rings. The second-order valence-corrected chi connectivity index (χ2v) is 14.7. The lowest BCUT2D eigenvalue weighted by Gasteiger charge is -2.37. The number of nitrogens with one attached hydrogen (secondary N) is 1. The number of nitrogens with zero attached hydrogens (tertiary/aromatic N) is 2. The van der Waals surface area contributed by atoms with Crippen LogP contribution in [-0.4, -0.2) is 65.1 Å². The first kappa shape index (κ1) is 34.8. The van der Waals surface area contributed by atoms with E-state index in [9.17, 15) is 14.4 Å². The lowest BCUT2D eigenvalue weighted by atomic mass is 9.85. The maximum atomic E-state index is 16.2. The number of carbonyl (C=O) groups is 3. The number of pyridine rings is 1. The van der Waals surface area contributed by atoms with Crippen LogP contribution in [0.15, 0.2) is 18.2 Å². The summed E-state index contributed by atoms with van der Waals surface area (Å²) in [6.45, 7) is 10.1. The van der Waals surface area contributed by atoms with Crippen molar-refractivity contribution in [1.29, 1.82) is 0 Å². The van der Waals surface area contributed by atoms with Crippen LogP contribution in [0.4, 0.5) is 18.0 Å². The Hall–Kier alpha value is -3.57. The molecule has 1 aliphatic carbocycles. The lowest BCUT2D eigenvalue weighted by Crippen LogP contribution is -2.58. The van der Waals surface area contributed by atoms with Crippen molar-refractivity contribution in [2.45, 2.75) is 116 Å². The molecule has 2 unspecified atom stereocenters. The van der Waals surface area contributed by atoms with E-state index in [0.717, 1.165) is 12.8 Å². The summed E-state index contributed by atoms with van der Waals surface area (Å²) in [5.41, 5.74) is -2.50. The van der Waals surface area contributed by atoms with Crippen molar-refractivity contribution in [3.8, 4) is 11.6 Å². The number of amides is 2. The number of alkyl carbamates (subject to hydrolysis) is 1. The van der Waals surface area contributed by atoms with Crippen LogP contribution in [0.25, 0.3) is 10.9 Å². The van der Waals surface area contributed by atoms with Crippen LogP contribution < -0.4 is 14.8 Å². The zero-order valence-electron chi connectivity index (χ0n) is 28.3. The predicted molar refractivity (Wildman–Crippen MR) is 169 cm³/mol. The van der Waals surface area contributed by atoms with Crippen LogP contribution in [0, 0.1) is 23.1 Å². The number of benzene rings is 1. The average molecular weight is 662 g/mol. The zero-order chi connectivity index (χ0) is 34.5. The molecule has 2 bridgehead atoms. The van der Waals surface area contributed by atoms with Gasteiger partial charge in [-0.1, -0.05) is 34.1 Å². The van der Waals surface area contributed by atoms with Crippen molar-refractivity contribution in [3.05, 3.63) is 29.6 Å². The Morgan fingerprint density at radius 2 is 1.83 bits per heavy atom. The fourth-order valence-corrected chi connectivity index (χ4v) is 7.61. The normalized spacial score (nSPS) is 30.3. The molecule has 0 spiro atoms. The van der Waals surface area contributed by atoms with Gasteiger partial charge in [-0.3, -0.25) is 9.59 Å². The first-order valence-corrected chi connectivity index (χ1v) is 16.5. The number of aromatic nitrogens is 1. The fourth-order valence-electron chi connectivity index (χ4n) is 7.61. The molecule has 1 aromatic carbocycles. The molecule has 1 aromatic heterocycles. The van der Waals surface area contributed by atoms with Crippen molar-refractivity contribution in [2.24, 2.45) is 17.3 Å². The smallest absolute Gasteiger partial charge is 0.408 e. The maximum absolute atomic E-state index is 16.2. The summed E-state index contributed by atoms with van der Waals surface area (Å²) < 4.78 is 65.9. The highest BCUT2D eigenvalue weighted by molar-refractivity contribution is 5.92. The molecule has 5 rings (SSSR count). The Morgan fingerprint density at radius 1 is 1.13 bits per heavy atom. The SMILES string of the molecule is COc1ccc2c(F)c3c(nc2c1)O[C@H]1CN(C(=O)[C@H](C(C)(C)C)NC(=O)O[C@]2(C)CCCC2CCCCC3(F)F)[C@H](C(C)=O)C1C. The molecule has 1 saturated heterocycles. The quantitative estimate of drug-likeness (QED) is 0.372. The third-order valence-electron chi connectivity index (χ3n) is 10.3. The maximum Gasteiger partial charge on any atom is 0.408 e. The van der Waals surface area contributed by atoms with E-state index < -0.39 is 76.7 Å². The van der Waals surface area contributed by atoms with Gasteiger partial charge in [0.15, 0.2) is 5.78 Å². The number of carbonyl (C=O) groups excluding carboxylic acids is 3. The van der Waals surface area contributed by atoms with Crippen molar-refractivity contribution in [1.82, 2.24) is 15.2 Å². The minimum absolute atomic E-state index is 0.0660. The van der Waals surface area contributed by atoms with E-state index in [0.29, 0.717) is 25.0 Å². The van der Waals surface area contributed by atoms with E-state index in [-0.39, 0.29) is 35.6 Å². The lowest BCUT2D eigenvalue weighted by molar-refractivity contribution is -0.141. The van der Waals surface area contributed by atoms with E-state index >= 15 is 13.2 Å². The highest BCUT2D eigenvalue weighted by atomic mass is 19.3. The summed E-state index contributed by atoms with van der Waals surface area (Å²) >= 11 is 0. The minimum Gasteiger partial charge on any atom is -0.497 e. The molecule has 1 N–H and O–H groups in total. The molecular weight excluding hydrogens is 615 g/mol. The molecule has 2 amide bonds. The second kappa shape index (κ2) is 12.8. The molecule has 3 heterocycles. The summed E-state index contributed by atoms with van der Waals surface area (Å²) in [5, 5.41) is 2.69. The Bertz CT molecular complexity index is 1540. The molecular formula is C35H46F3N3O6. The molecule has 47 heavy (non-hydrogen) atoms. The highest BCUT2D eigenvalue weighted by Crippen LogP contribution is 2.46. The largest absolute Gasteiger partial charge is 0.497 e. The Balaban J connectivity index is 1.63. The Kier molecular flexibility index (Phi) is 9.47. The molecule has 258 valence electrons. The van der Waals surface area contributed by atoms with Gasteiger partial charge in [0.25, 0.3) is 5.92 Å². The van der Waals surface area contributed by atoms with Crippen LogP contribution in [0.3, 0.4) is 0 Å². The number of hydrogen-bond donors (Lipinski definition) is 1. The number of rotatable bonds is 2. The van der Waals surface area contributed by atoms with Crippen LogP contribution >= 0.6 is 0 Å². The van der Waals surface area contributed by atoms with Crippen molar-refractivity contribution >= 4 is 28.7 Å². The molecule has 0 radical (unpaired) electrons. The van der Waals surface area contributed by atoms with Gasteiger partial charge in [0.2, 0.25) is 11.8 Å². The topological polar surface area (TPSA) is 107 Å². The summed E-state index contributed by atoms with van der Waals surface area (Å²) in [4.78, 5) is 46.3. The van der Waals surface area contributed by atoms with Crippen molar-refractivity contribution in [3.63, 3.8) is 0 Å². The number of halogens is 3. The average Bonchev–Trinajstić information content (AvgIpc) is 3.50. The number of fused-ring (bicyclic) bond motifs is 5. The standard InChI is InChI=1S/C35H46F3N3O6/c1-19-25-18-41(28(19)20(2)42)31(43)29(33(3,4)5)40-32(44)47-34(6)15-10-12-21(34)11-8-9-16-35(37,38)26-27(36)23-14-13-22(45-7)17-24(23)39-30(26)46-25/h13-14,17,19,21,25,28-29H,8-12,15-16,18H2,1-7H3,(H,40,44)/t19?,21?,25-,28-,29+,34+/m0/s1. The fraction of sp³-hybridized carbons (Fsp3) is 0.657. The van der Waals surface area contributed by atoms with Gasteiger partial charge in [-0.2, -0.15) is 0 Å². The van der Waals surface area contributed by atoms with Crippen LogP contribution in [0.1, 0.15) is 92.1 Å². The van der Waals surface area contributed by atoms with Gasteiger partial charge in [0.05, 0.1) is 25.2 Å². The first-order valence-electron chi connectivity index (χ1n) is 16.5. The molecule has 1 saturated carbocycles. The summed E-state index contributed by atoms with van der Waals surface area (Å²) in [5.74, 6) is -6.62. The van der Waals surface area contributed by atoms with Gasteiger partial charge < -0.3 is 24.4 Å². The Morgan fingerprint density at radius 3 is 2.49 bits per heavy atom. The monoisotopic (exact) mass is 661 g/mol.